The second kappa shape index (κ2) is 13.7. The summed E-state index contributed by atoms with van der Waals surface area (Å²) < 4.78 is 37.3. The second-order valence-corrected chi connectivity index (χ2v) is 12.1. The molecule has 1 N–H and O–H groups in total. The fraction of sp³-hybridized carbons (Fsp3) is 0.333. The molecule has 0 aliphatic carbocycles. The Morgan fingerprint density at radius 2 is 1.71 bits per heavy atom. The van der Waals surface area contributed by atoms with Crippen molar-refractivity contribution in [3.8, 4) is 11.5 Å². The number of hydrogen-bond acceptors (Lipinski definition) is 6. The van der Waals surface area contributed by atoms with E-state index in [1.165, 1.54) is 4.31 Å². The third kappa shape index (κ3) is 8.14. The van der Waals surface area contributed by atoms with Crippen LogP contribution in [0.2, 0.25) is 5.02 Å². The lowest BCUT2D eigenvalue weighted by atomic mass is 10.0. The SMILES string of the molecule is CCNC(=O)[C@H](Cc1ccccc1)N(Cc1cccc(Cl)c1)C(=O)CCCN(c1ccc2c(c1)OCO2)S(C)(=O)=O. The standard InChI is InChI=1S/C30H34ClN3O6S/c1-3-32-30(36)26(18-22-9-5-4-6-10-22)33(20-23-11-7-12-24(31)17-23)29(35)13-8-16-34(41(2,37)38)25-14-15-27-28(19-25)40-21-39-27/h4-7,9-12,14-15,17,19,26H,3,8,13,16,18,20-21H2,1-2H3,(H,32,36)/t26-/m0/s1. The number of hydrogen-bond donors (Lipinski definition) is 1. The first-order chi connectivity index (χ1) is 19.7. The van der Waals surface area contributed by atoms with E-state index in [1.807, 2.05) is 43.3 Å². The average Bonchev–Trinajstić information content (AvgIpc) is 3.41. The van der Waals surface area contributed by atoms with Crippen molar-refractivity contribution < 1.29 is 27.5 Å². The van der Waals surface area contributed by atoms with Crippen LogP contribution in [0.15, 0.2) is 72.8 Å². The predicted molar refractivity (Wildman–Crippen MR) is 159 cm³/mol. The molecule has 2 amide bonds. The van der Waals surface area contributed by atoms with Gasteiger partial charge in [0.15, 0.2) is 11.5 Å². The highest BCUT2D eigenvalue weighted by Crippen LogP contribution is 2.36. The van der Waals surface area contributed by atoms with Gasteiger partial charge < -0.3 is 19.7 Å². The first kappa shape index (κ1) is 30.2. The monoisotopic (exact) mass is 599 g/mol. The van der Waals surface area contributed by atoms with Crippen LogP contribution in [0.5, 0.6) is 11.5 Å². The zero-order valence-corrected chi connectivity index (χ0v) is 24.7. The Labute approximate surface area is 246 Å². The molecule has 0 unspecified atom stereocenters. The molecule has 11 heteroatoms. The molecule has 0 aromatic heterocycles. The van der Waals surface area contributed by atoms with Gasteiger partial charge in [-0.15, -0.1) is 0 Å². The number of anilines is 1. The van der Waals surface area contributed by atoms with E-state index in [0.717, 1.165) is 17.4 Å². The second-order valence-electron chi connectivity index (χ2n) is 9.73. The van der Waals surface area contributed by atoms with E-state index in [-0.39, 0.29) is 44.5 Å². The summed E-state index contributed by atoms with van der Waals surface area (Å²) in [5, 5.41) is 3.39. The normalized spacial score (nSPS) is 13.0. The highest BCUT2D eigenvalue weighted by atomic mass is 35.5. The van der Waals surface area contributed by atoms with Crippen LogP contribution >= 0.6 is 11.6 Å². The van der Waals surface area contributed by atoms with Crippen molar-refractivity contribution >= 4 is 39.1 Å². The zero-order valence-electron chi connectivity index (χ0n) is 23.1. The number of halogens is 1. The van der Waals surface area contributed by atoms with Crippen molar-refractivity contribution in [1.29, 1.82) is 0 Å². The van der Waals surface area contributed by atoms with Crippen molar-refractivity contribution in [3.05, 3.63) is 88.9 Å². The number of nitrogens with zero attached hydrogens (tertiary/aromatic N) is 2. The minimum atomic E-state index is -3.65. The lowest BCUT2D eigenvalue weighted by Gasteiger charge is -2.32. The average molecular weight is 600 g/mol. The first-order valence-electron chi connectivity index (χ1n) is 13.4. The lowest BCUT2D eigenvalue weighted by Crippen LogP contribution is -2.50. The van der Waals surface area contributed by atoms with Crippen LogP contribution in [0.25, 0.3) is 0 Å². The molecule has 0 saturated carbocycles. The van der Waals surface area contributed by atoms with Crippen LogP contribution < -0.4 is 19.1 Å². The molecule has 0 radical (unpaired) electrons. The lowest BCUT2D eigenvalue weighted by molar-refractivity contribution is -0.141. The van der Waals surface area contributed by atoms with Gasteiger partial charge >= 0.3 is 0 Å². The van der Waals surface area contributed by atoms with Crippen molar-refractivity contribution in [3.63, 3.8) is 0 Å². The molecule has 4 rings (SSSR count). The van der Waals surface area contributed by atoms with Crippen LogP contribution in [0, 0.1) is 0 Å². The van der Waals surface area contributed by atoms with E-state index in [1.54, 1.807) is 41.3 Å². The van der Waals surface area contributed by atoms with Gasteiger partial charge in [0.05, 0.1) is 11.9 Å². The molecule has 1 atom stereocenters. The minimum Gasteiger partial charge on any atom is -0.454 e. The van der Waals surface area contributed by atoms with Crippen molar-refractivity contribution in [2.75, 3.05) is 30.4 Å². The summed E-state index contributed by atoms with van der Waals surface area (Å²) in [6.45, 7) is 2.56. The Morgan fingerprint density at radius 3 is 2.41 bits per heavy atom. The smallest absolute Gasteiger partial charge is 0.243 e. The van der Waals surface area contributed by atoms with Crippen LogP contribution in [0.1, 0.15) is 30.9 Å². The number of carbonyl (C=O) groups excluding carboxylic acids is 2. The summed E-state index contributed by atoms with van der Waals surface area (Å²) in [5.74, 6) is 0.482. The molecule has 0 bridgehead atoms. The molecule has 9 nitrogen and oxygen atoms in total. The summed E-state index contributed by atoms with van der Waals surface area (Å²) in [7, 11) is -3.65. The Balaban J connectivity index is 1.56. The van der Waals surface area contributed by atoms with Crippen LogP contribution in [0.3, 0.4) is 0 Å². The fourth-order valence-electron chi connectivity index (χ4n) is 4.72. The molecule has 3 aromatic rings. The van der Waals surface area contributed by atoms with E-state index in [9.17, 15) is 18.0 Å². The van der Waals surface area contributed by atoms with Gasteiger partial charge in [0.2, 0.25) is 28.6 Å². The van der Waals surface area contributed by atoms with Gasteiger partial charge in [-0.2, -0.15) is 0 Å². The van der Waals surface area contributed by atoms with Gasteiger partial charge in [0.25, 0.3) is 0 Å². The molecule has 218 valence electrons. The summed E-state index contributed by atoms with van der Waals surface area (Å²) in [5.41, 5.74) is 2.12. The van der Waals surface area contributed by atoms with Gasteiger partial charge in [-0.25, -0.2) is 8.42 Å². The number of benzene rings is 3. The molecule has 0 fully saturated rings. The van der Waals surface area contributed by atoms with E-state index in [0.29, 0.717) is 35.2 Å². The molecule has 3 aromatic carbocycles. The third-order valence-electron chi connectivity index (χ3n) is 6.66. The summed E-state index contributed by atoms with van der Waals surface area (Å²) in [6.07, 6.45) is 1.71. The number of rotatable bonds is 13. The summed E-state index contributed by atoms with van der Waals surface area (Å²) in [6, 6.07) is 20.8. The third-order valence-corrected chi connectivity index (χ3v) is 8.09. The molecular weight excluding hydrogens is 566 g/mol. The number of nitrogens with one attached hydrogen (secondary N) is 1. The van der Waals surface area contributed by atoms with Crippen LogP contribution in [-0.2, 0) is 32.6 Å². The zero-order chi connectivity index (χ0) is 29.4. The Kier molecular flexibility index (Phi) is 10.1. The van der Waals surface area contributed by atoms with Crippen molar-refractivity contribution in [2.24, 2.45) is 0 Å². The van der Waals surface area contributed by atoms with Crippen LogP contribution in [-0.4, -0.2) is 57.3 Å². The maximum absolute atomic E-state index is 13.8. The molecule has 0 spiro atoms. The van der Waals surface area contributed by atoms with E-state index >= 15 is 0 Å². The maximum Gasteiger partial charge on any atom is 0.243 e. The molecule has 1 heterocycles. The van der Waals surface area contributed by atoms with E-state index in [2.05, 4.69) is 5.32 Å². The predicted octanol–water partition coefficient (Wildman–Crippen LogP) is 4.39. The van der Waals surface area contributed by atoms with E-state index in [4.69, 9.17) is 21.1 Å². The Morgan fingerprint density at radius 1 is 0.976 bits per heavy atom. The number of likely N-dealkylation sites (N-methyl/N-ethyl adjacent to an activating group) is 1. The fourth-order valence-corrected chi connectivity index (χ4v) is 5.89. The highest BCUT2D eigenvalue weighted by molar-refractivity contribution is 7.92. The quantitative estimate of drug-likeness (QED) is 0.312. The molecular formula is C30H34ClN3O6S. The Bertz CT molecular complexity index is 1470. The van der Waals surface area contributed by atoms with E-state index < -0.39 is 16.1 Å². The summed E-state index contributed by atoms with van der Waals surface area (Å²) in [4.78, 5) is 28.7. The maximum atomic E-state index is 13.8. The molecule has 0 saturated heterocycles. The number of ether oxygens (including phenoxy) is 2. The van der Waals surface area contributed by atoms with Crippen molar-refractivity contribution in [2.45, 2.75) is 38.8 Å². The van der Waals surface area contributed by atoms with Gasteiger partial charge in [0.1, 0.15) is 6.04 Å². The topological polar surface area (TPSA) is 105 Å². The minimum absolute atomic E-state index is 0.0296. The number of fused-ring (bicyclic) bond motifs is 1. The number of amides is 2. The Hall–Kier alpha value is -3.76. The first-order valence-corrected chi connectivity index (χ1v) is 15.6. The van der Waals surface area contributed by atoms with Gasteiger partial charge in [-0.1, -0.05) is 54.1 Å². The van der Waals surface area contributed by atoms with Gasteiger partial charge in [0, 0.05) is 43.6 Å². The number of sulfonamides is 1. The largest absolute Gasteiger partial charge is 0.454 e. The highest BCUT2D eigenvalue weighted by Gasteiger charge is 2.30. The molecule has 41 heavy (non-hydrogen) atoms. The van der Waals surface area contributed by atoms with Gasteiger partial charge in [-0.05, 0) is 48.7 Å². The molecule has 1 aliphatic heterocycles. The summed E-state index contributed by atoms with van der Waals surface area (Å²) >= 11 is 6.22. The van der Waals surface area contributed by atoms with Crippen LogP contribution in [0.4, 0.5) is 5.69 Å². The molecule has 1 aliphatic rings. The number of carbonyl (C=O) groups is 2. The van der Waals surface area contributed by atoms with Gasteiger partial charge in [-0.3, -0.25) is 13.9 Å². The van der Waals surface area contributed by atoms with Crippen molar-refractivity contribution in [1.82, 2.24) is 10.2 Å².